The standard InChI is InChI=1S/C24H28N4O4/c1-25-23(31)21-22(30)19(29)14-28(27-21)15-24(10-3-4-11-24)18-7-5-6-16(12-18)17-8-9-20(32-2)26-13-17/h5-9,12-14,23,25,29,31H,3-4,10-11,15H2,1-2H3. The van der Waals surface area contributed by atoms with Crippen LogP contribution < -0.4 is 15.5 Å². The first-order valence-electron chi connectivity index (χ1n) is 10.7. The number of rotatable bonds is 7. The Morgan fingerprint density at radius 2 is 2.00 bits per heavy atom. The fraction of sp³-hybridized carbons (Fsp3) is 0.375. The topological polar surface area (TPSA) is 110 Å². The molecule has 0 aliphatic heterocycles. The largest absolute Gasteiger partial charge is 0.503 e. The molecule has 1 aromatic carbocycles. The number of hydrogen-bond acceptors (Lipinski definition) is 7. The molecule has 0 bridgehead atoms. The van der Waals surface area contributed by atoms with Gasteiger partial charge in [0, 0.05) is 23.2 Å². The van der Waals surface area contributed by atoms with E-state index in [0.29, 0.717) is 12.4 Å². The predicted octanol–water partition coefficient (Wildman–Crippen LogP) is 2.74. The third-order valence-corrected chi connectivity index (χ3v) is 6.28. The number of nitrogens with zero attached hydrogens (tertiary/aromatic N) is 3. The van der Waals surface area contributed by atoms with E-state index in [4.69, 9.17) is 4.74 Å². The van der Waals surface area contributed by atoms with Gasteiger partial charge >= 0.3 is 0 Å². The van der Waals surface area contributed by atoms with E-state index in [9.17, 15) is 15.0 Å². The Kier molecular flexibility index (Phi) is 6.25. The van der Waals surface area contributed by atoms with E-state index in [2.05, 4.69) is 33.6 Å². The molecule has 1 aliphatic carbocycles. The van der Waals surface area contributed by atoms with Gasteiger partial charge < -0.3 is 14.9 Å². The van der Waals surface area contributed by atoms with Gasteiger partial charge in [0.25, 0.3) is 0 Å². The number of nitrogens with one attached hydrogen (secondary N) is 1. The van der Waals surface area contributed by atoms with Crippen molar-refractivity contribution in [2.24, 2.45) is 0 Å². The molecule has 32 heavy (non-hydrogen) atoms. The van der Waals surface area contributed by atoms with Crippen LogP contribution in [0.4, 0.5) is 0 Å². The first-order chi connectivity index (χ1) is 15.5. The summed E-state index contributed by atoms with van der Waals surface area (Å²) in [5.74, 6) is 0.149. The highest BCUT2D eigenvalue weighted by atomic mass is 16.5. The first-order valence-corrected chi connectivity index (χ1v) is 10.7. The molecule has 4 rings (SSSR count). The van der Waals surface area contributed by atoms with Gasteiger partial charge in [0.05, 0.1) is 19.9 Å². The van der Waals surface area contributed by atoms with Crippen LogP contribution in [0.15, 0.2) is 53.6 Å². The van der Waals surface area contributed by atoms with E-state index in [0.717, 1.165) is 36.8 Å². The Hall–Kier alpha value is -3.23. The molecule has 1 aliphatic rings. The smallest absolute Gasteiger partial charge is 0.248 e. The third kappa shape index (κ3) is 4.24. The molecule has 3 N–H and O–H groups in total. The average Bonchev–Trinajstić information content (AvgIpc) is 3.30. The number of pyridine rings is 1. The quantitative estimate of drug-likeness (QED) is 0.489. The monoisotopic (exact) mass is 436 g/mol. The minimum atomic E-state index is -1.24. The summed E-state index contributed by atoms with van der Waals surface area (Å²) in [5, 5.41) is 27.2. The Labute approximate surface area is 186 Å². The predicted molar refractivity (Wildman–Crippen MR) is 121 cm³/mol. The van der Waals surface area contributed by atoms with Crippen LogP contribution in [0.2, 0.25) is 0 Å². The molecule has 0 amide bonds. The van der Waals surface area contributed by atoms with Crippen molar-refractivity contribution < 1.29 is 14.9 Å². The lowest BCUT2D eigenvalue weighted by Gasteiger charge is -2.31. The Balaban J connectivity index is 1.71. The summed E-state index contributed by atoms with van der Waals surface area (Å²) in [7, 11) is 3.12. The highest BCUT2D eigenvalue weighted by Gasteiger charge is 2.37. The summed E-state index contributed by atoms with van der Waals surface area (Å²) in [4.78, 5) is 16.5. The van der Waals surface area contributed by atoms with Crippen molar-refractivity contribution >= 4 is 0 Å². The van der Waals surface area contributed by atoms with Crippen molar-refractivity contribution in [2.75, 3.05) is 14.2 Å². The zero-order valence-electron chi connectivity index (χ0n) is 18.3. The summed E-state index contributed by atoms with van der Waals surface area (Å²) in [6, 6.07) is 12.2. The highest BCUT2D eigenvalue weighted by molar-refractivity contribution is 5.64. The highest BCUT2D eigenvalue weighted by Crippen LogP contribution is 2.43. The summed E-state index contributed by atoms with van der Waals surface area (Å²) in [5.41, 5.74) is 2.27. The van der Waals surface area contributed by atoms with Gasteiger partial charge in [-0.2, -0.15) is 5.10 Å². The van der Waals surface area contributed by atoms with Gasteiger partial charge in [-0.15, -0.1) is 0 Å². The van der Waals surface area contributed by atoms with Crippen molar-refractivity contribution in [1.29, 1.82) is 0 Å². The lowest BCUT2D eigenvalue weighted by atomic mass is 9.78. The van der Waals surface area contributed by atoms with E-state index in [1.54, 1.807) is 18.0 Å². The number of benzene rings is 1. The Morgan fingerprint density at radius 3 is 2.66 bits per heavy atom. The van der Waals surface area contributed by atoms with E-state index < -0.39 is 17.4 Å². The minimum Gasteiger partial charge on any atom is -0.503 e. The number of aliphatic hydroxyl groups is 1. The number of ether oxygens (including phenoxy) is 1. The normalized spacial score (nSPS) is 16.1. The summed E-state index contributed by atoms with van der Waals surface area (Å²) in [6.45, 7) is 0.495. The fourth-order valence-electron chi connectivity index (χ4n) is 4.54. The van der Waals surface area contributed by atoms with E-state index in [-0.39, 0.29) is 11.1 Å². The maximum absolute atomic E-state index is 12.2. The summed E-state index contributed by atoms with van der Waals surface area (Å²) < 4.78 is 6.74. The van der Waals surface area contributed by atoms with Crippen LogP contribution in [0.25, 0.3) is 11.1 Å². The molecule has 1 unspecified atom stereocenters. The SMILES string of the molecule is CNC(O)c1nn(CC2(c3cccc(-c4ccc(OC)nc4)c3)CCCC2)cc(O)c1=O. The van der Waals surface area contributed by atoms with Crippen LogP contribution in [-0.2, 0) is 12.0 Å². The summed E-state index contributed by atoms with van der Waals surface area (Å²) >= 11 is 0. The van der Waals surface area contributed by atoms with Gasteiger partial charge in [0.1, 0.15) is 0 Å². The maximum atomic E-state index is 12.2. The van der Waals surface area contributed by atoms with Crippen molar-refractivity contribution in [3.05, 3.63) is 70.3 Å². The lowest BCUT2D eigenvalue weighted by molar-refractivity contribution is 0.139. The second-order valence-corrected chi connectivity index (χ2v) is 8.27. The molecule has 2 heterocycles. The van der Waals surface area contributed by atoms with Gasteiger partial charge in [-0.3, -0.25) is 14.8 Å². The number of aromatic nitrogens is 3. The molecule has 0 radical (unpaired) electrons. The van der Waals surface area contributed by atoms with E-state index >= 15 is 0 Å². The fourth-order valence-corrected chi connectivity index (χ4v) is 4.54. The Morgan fingerprint density at radius 1 is 1.22 bits per heavy atom. The average molecular weight is 437 g/mol. The second-order valence-electron chi connectivity index (χ2n) is 8.27. The maximum Gasteiger partial charge on any atom is 0.248 e. The van der Waals surface area contributed by atoms with Crippen molar-refractivity contribution in [2.45, 2.75) is 43.9 Å². The molecule has 1 atom stereocenters. The van der Waals surface area contributed by atoms with Crippen molar-refractivity contribution in [3.63, 3.8) is 0 Å². The number of aliphatic hydroxyl groups excluding tert-OH is 1. The molecule has 0 saturated heterocycles. The molecule has 168 valence electrons. The number of aromatic hydroxyl groups is 1. The van der Waals surface area contributed by atoms with Gasteiger partial charge in [-0.25, -0.2) is 4.98 Å². The summed E-state index contributed by atoms with van der Waals surface area (Å²) in [6.07, 6.45) is 6.02. The molecular formula is C24H28N4O4. The second kappa shape index (κ2) is 9.10. The molecule has 8 nitrogen and oxygen atoms in total. The van der Waals surface area contributed by atoms with E-state index in [1.165, 1.54) is 18.8 Å². The number of hydrogen-bond donors (Lipinski definition) is 3. The lowest BCUT2D eigenvalue weighted by Crippen LogP contribution is -2.33. The van der Waals surface area contributed by atoms with Gasteiger partial charge in [0.15, 0.2) is 17.7 Å². The van der Waals surface area contributed by atoms with Gasteiger partial charge in [-0.1, -0.05) is 37.1 Å². The Bertz CT molecular complexity index is 1140. The molecule has 2 aromatic heterocycles. The van der Waals surface area contributed by atoms with Crippen LogP contribution in [0.3, 0.4) is 0 Å². The zero-order valence-corrected chi connectivity index (χ0v) is 18.3. The van der Waals surface area contributed by atoms with E-state index in [1.807, 2.05) is 18.2 Å². The van der Waals surface area contributed by atoms with Crippen molar-refractivity contribution in [1.82, 2.24) is 20.1 Å². The molecular weight excluding hydrogens is 408 g/mol. The van der Waals surface area contributed by atoms with Crippen molar-refractivity contribution in [3.8, 4) is 22.8 Å². The molecule has 1 saturated carbocycles. The van der Waals surface area contributed by atoms with Gasteiger partial charge in [0.2, 0.25) is 11.3 Å². The molecule has 0 spiro atoms. The zero-order chi connectivity index (χ0) is 22.7. The van der Waals surface area contributed by atoms with Crippen LogP contribution in [-0.4, -0.2) is 39.1 Å². The van der Waals surface area contributed by atoms with Crippen LogP contribution in [0.1, 0.15) is 43.2 Å². The minimum absolute atomic E-state index is 0.112. The van der Waals surface area contributed by atoms with Gasteiger partial charge in [-0.05, 0) is 37.1 Å². The molecule has 1 fully saturated rings. The molecule has 8 heteroatoms. The molecule has 3 aromatic rings. The first kappa shape index (κ1) is 22.0. The van der Waals surface area contributed by atoms with Crippen LogP contribution in [0.5, 0.6) is 11.6 Å². The van der Waals surface area contributed by atoms with Crippen LogP contribution in [0, 0.1) is 0 Å². The van der Waals surface area contributed by atoms with Crippen LogP contribution >= 0.6 is 0 Å². The third-order valence-electron chi connectivity index (χ3n) is 6.28. The number of methoxy groups -OCH3 is 1.